The van der Waals surface area contributed by atoms with Crippen LogP contribution in [0.2, 0.25) is 0 Å². The topological polar surface area (TPSA) is 98.9 Å². The molecule has 0 amide bonds. The van der Waals surface area contributed by atoms with Crippen LogP contribution in [-0.4, -0.2) is 41.9 Å². The summed E-state index contributed by atoms with van der Waals surface area (Å²) in [6.07, 6.45) is 8.34. The van der Waals surface area contributed by atoms with E-state index in [0.717, 1.165) is 38.3 Å². The fourth-order valence-electron chi connectivity index (χ4n) is 3.86. The molecule has 1 N–H and O–H groups in total. The highest BCUT2D eigenvalue weighted by atomic mass is 16.6. The van der Waals surface area contributed by atoms with Crippen LogP contribution < -0.4 is 0 Å². The van der Waals surface area contributed by atoms with Crippen molar-refractivity contribution in [3.05, 3.63) is 22.4 Å². The number of hydrogen-bond donors (Lipinski definition) is 1. The van der Waals surface area contributed by atoms with E-state index < -0.39 is 10.9 Å². The number of carboxylic acids is 1. The van der Waals surface area contributed by atoms with E-state index >= 15 is 0 Å². The Morgan fingerprint density at radius 1 is 1.25 bits per heavy atom. The molecule has 0 spiro atoms. The first-order chi connectivity index (χ1) is 11.5. The van der Waals surface area contributed by atoms with E-state index in [1.54, 1.807) is 13.2 Å². The molecule has 2 rings (SSSR count). The molecule has 0 bridgehead atoms. The van der Waals surface area contributed by atoms with Crippen LogP contribution in [0, 0.1) is 27.9 Å². The van der Waals surface area contributed by atoms with Gasteiger partial charge in [-0.1, -0.05) is 6.42 Å². The van der Waals surface area contributed by atoms with Crippen molar-refractivity contribution in [3.63, 3.8) is 0 Å². The van der Waals surface area contributed by atoms with Gasteiger partial charge in [-0.2, -0.15) is 0 Å². The largest absolute Gasteiger partial charge is 0.481 e. The zero-order valence-corrected chi connectivity index (χ0v) is 14.1. The lowest BCUT2D eigenvalue weighted by molar-refractivity contribution is -0.402. The first-order valence-corrected chi connectivity index (χ1v) is 8.68. The summed E-state index contributed by atoms with van der Waals surface area (Å²) >= 11 is 0. The molecule has 0 saturated heterocycles. The maximum Gasteiger partial charge on any atom is 0.306 e. The fraction of sp³-hybridized carbons (Fsp3) is 0.824. The summed E-state index contributed by atoms with van der Waals surface area (Å²) in [7, 11) is 1.64. The van der Waals surface area contributed by atoms with Gasteiger partial charge in [-0.15, -0.1) is 0 Å². The highest BCUT2D eigenvalue weighted by Crippen LogP contribution is 2.33. The lowest BCUT2D eigenvalue weighted by Gasteiger charge is -2.35. The molecule has 2 fully saturated rings. The summed E-state index contributed by atoms with van der Waals surface area (Å²) in [5.74, 6) is -0.503. The minimum Gasteiger partial charge on any atom is -0.481 e. The van der Waals surface area contributed by atoms with Gasteiger partial charge in [-0.3, -0.25) is 14.9 Å². The number of nitro groups is 1. The Kier molecular flexibility index (Phi) is 7.17. The van der Waals surface area contributed by atoms with E-state index in [2.05, 4.69) is 0 Å². The highest BCUT2D eigenvalue weighted by molar-refractivity contribution is 5.70. The van der Waals surface area contributed by atoms with Crippen molar-refractivity contribution in [2.45, 2.75) is 57.2 Å². The molecule has 2 aliphatic rings. The van der Waals surface area contributed by atoms with Crippen molar-refractivity contribution in [1.82, 2.24) is 0 Å². The molecule has 0 aromatic heterocycles. The first kappa shape index (κ1) is 18.9. The summed E-state index contributed by atoms with van der Waals surface area (Å²) in [6, 6.07) is 0. The average molecular weight is 341 g/mol. The number of carbonyl (C=O) groups is 1. The molecular weight excluding hydrogens is 314 g/mol. The van der Waals surface area contributed by atoms with Gasteiger partial charge in [0.1, 0.15) is 0 Å². The third-order valence-corrected chi connectivity index (χ3v) is 5.23. The van der Waals surface area contributed by atoms with E-state index in [1.165, 1.54) is 0 Å². The number of hydrogen-bond acceptors (Lipinski definition) is 5. The Morgan fingerprint density at radius 3 is 2.71 bits per heavy atom. The average Bonchev–Trinajstić information content (AvgIpc) is 2.58. The molecule has 24 heavy (non-hydrogen) atoms. The number of methoxy groups -OCH3 is 1. The molecule has 0 aromatic carbocycles. The van der Waals surface area contributed by atoms with Gasteiger partial charge in [0.2, 0.25) is 6.20 Å². The maximum absolute atomic E-state index is 11.1. The second-order valence-electron chi connectivity index (χ2n) is 6.91. The lowest BCUT2D eigenvalue weighted by Crippen LogP contribution is -2.38. The van der Waals surface area contributed by atoms with Crippen molar-refractivity contribution in [2.75, 3.05) is 13.7 Å². The molecule has 7 heteroatoms. The molecule has 0 heterocycles. The van der Waals surface area contributed by atoms with E-state index in [-0.39, 0.29) is 24.0 Å². The minimum absolute atomic E-state index is 0.0135. The smallest absolute Gasteiger partial charge is 0.306 e. The van der Waals surface area contributed by atoms with Crippen LogP contribution in [0.5, 0.6) is 0 Å². The van der Waals surface area contributed by atoms with Gasteiger partial charge in [-0.25, -0.2) is 0 Å². The van der Waals surface area contributed by atoms with E-state index in [0.29, 0.717) is 25.4 Å². The molecular formula is C17H27NO6. The van der Waals surface area contributed by atoms with Crippen LogP contribution in [0.4, 0.5) is 0 Å². The fourth-order valence-corrected chi connectivity index (χ4v) is 3.86. The molecule has 2 aliphatic carbocycles. The molecule has 2 saturated carbocycles. The second-order valence-corrected chi connectivity index (χ2v) is 6.91. The number of rotatable bonds is 7. The number of carboxylic acid groups (broad SMARTS) is 1. The van der Waals surface area contributed by atoms with E-state index in [4.69, 9.17) is 14.6 Å². The Balaban J connectivity index is 1.80. The third-order valence-electron chi connectivity index (χ3n) is 5.23. The van der Waals surface area contributed by atoms with Crippen LogP contribution in [0.1, 0.15) is 44.9 Å². The molecule has 7 nitrogen and oxygen atoms in total. The van der Waals surface area contributed by atoms with Crippen LogP contribution in [-0.2, 0) is 14.3 Å². The predicted octanol–water partition coefficient (Wildman–Crippen LogP) is 2.87. The number of ether oxygens (including phenoxy) is 2. The lowest BCUT2D eigenvalue weighted by atomic mass is 9.81. The zero-order valence-electron chi connectivity index (χ0n) is 14.1. The molecule has 0 aromatic rings. The van der Waals surface area contributed by atoms with E-state index in [9.17, 15) is 14.9 Å². The van der Waals surface area contributed by atoms with Crippen molar-refractivity contribution >= 4 is 5.97 Å². The van der Waals surface area contributed by atoms with Gasteiger partial charge in [0.25, 0.3) is 0 Å². The van der Waals surface area contributed by atoms with Crippen molar-refractivity contribution in [1.29, 1.82) is 0 Å². The highest BCUT2D eigenvalue weighted by Gasteiger charge is 2.32. The second kappa shape index (κ2) is 9.13. The molecule has 5 unspecified atom stereocenters. The van der Waals surface area contributed by atoms with Gasteiger partial charge < -0.3 is 14.6 Å². The van der Waals surface area contributed by atoms with Crippen molar-refractivity contribution in [2.24, 2.45) is 17.8 Å². The quantitative estimate of drug-likeness (QED) is 0.565. The first-order valence-electron chi connectivity index (χ1n) is 8.68. The van der Waals surface area contributed by atoms with Gasteiger partial charge in [-0.05, 0) is 56.4 Å². The Hall–Kier alpha value is -1.47. The summed E-state index contributed by atoms with van der Waals surface area (Å²) in [4.78, 5) is 21.1. The van der Waals surface area contributed by atoms with Gasteiger partial charge in [0.15, 0.2) is 0 Å². The van der Waals surface area contributed by atoms with Crippen LogP contribution in [0.3, 0.4) is 0 Å². The van der Waals surface area contributed by atoms with Gasteiger partial charge in [0.05, 0.1) is 23.0 Å². The van der Waals surface area contributed by atoms with Crippen LogP contribution in [0.25, 0.3) is 0 Å². The Labute approximate surface area is 142 Å². The molecule has 0 aliphatic heterocycles. The van der Waals surface area contributed by atoms with E-state index in [1.807, 2.05) is 0 Å². The molecule has 0 radical (unpaired) electrons. The molecule has 136 valence electrons. The maximum atomic E-state index is 11.1. The monoisotopic (exact) mass is 341 g/mol. The number of aliphatic carboxylic acids is 1. The SMILES string of the molecule is COC1CC(/C=C/[N+](=O)[O-])CCC1OCC1CCCC(C(=O)O)C1. The number of nitrogens with zero attached hydrogens (tertiary/aromatic N) is 1. The molecule has 5 atom stereocenters. The van der Waals surface area contributed by atoms with Gasteiger partial charge >= 0.3 is 5.97 Å². The van der Waals surface area contributed by atoms with Crippen molar-refractivity contribution < 1.29 is 24.3 Å². The Morgan fingerprint density at radius 2 is 2.04 bits per heavy atom. The van der Waals surface area contributed by atoms with Crippen LogP contribution in [0.15, 0.2) is 12.3 Å². The third kappa shape index (κ3) is 5.56. The zero-order chi connectivity index (χ0) is 17.5. The van der Waals surface area contributed by atoms with Crippen molar-refractivity contribution in [3.8, 4) is 0 Å². The summed E-state index contributed by atoms with van der Waals surface area (Å²) in [5.41, 5.74) is 0. The minimum atomic E-state index is -0.701. The standard InChI is InChI=1S/C17H27NO6/c1-23-16-10-12(7-8-18(21)22)5-6-15(16)24-11-13-3-2-4-14(9-13)17(19)20/h7-8,12-16H,2-6,9-11H2,1H3,(H,19,20)/b8-7+. The predicted molar refractivity (Wildman–Crippen MR) is 87.1 cm³/mol. The summed E-state index contributed by atoms with van der Waals surface area (Å²) < 4.78 is 11.6. The summed E-state index contributed by atoms with van der Waals surface area (Å²) in [6.45, 7) is 0.573. The van der Waals surface area contributed by atoms with Crippen LogP contribution >= 0.6 is 0 Å². The van der Waals surface area contributed by atoms with Gasteiger partial charge in [0, 0.05) is 13.7 Å². The Bertz CT molecular complexity index is 466. The normalized spacial score (nSPS) is 34.3. The summed E-state index contributed by atoms with van der Waals surface area (Å²) in [5, 5.41) is 19.6. The number of allylic oxidation sites excluding steroid dienone is 1.